The number of thiophene rings is 1. The summed E-state index contributed by atoms with van der Waals surface area (Å²) >= 11 is 2.92. The van der Waals surface area contributed by atoms with E-state index in [4.69, 9.17) is 4.74 Å². The molecule has 0 fully saturated rings. The number of thioether (sulfide) groups is 1. The van der Waals surface area contributed by atoms with Crippen LogP contribution in [0, 0.1) is 0 Å². The van der Waals surface area contributed by atoms with Crippen LogP contribution in [0.1, 0.15) is 15.9 Å². The molecule has 28 heavy (non-hydrogen) atoms. The van der Waals surface area contributed by atoms with Gasteiger partial charge in [-0.2, -0.15) is 0 Å². The molecule has 2 aromatic heterocycles. The summed E-state index contributed by atoms with van der Waals surface area (Å²) in [5.41, 5.74) is 3.32. The number of hydrogen-bond acceptors (Lipinski definition) is 6. The number of methoxy groups -OCH3 is 1. The van der Waals surface area contributed by atoms with Gasteiger partial charge in [0.05, 0.1) is 18.1 Å². The number of benzene rings is 2. The summed E-state index contributed by atoms with van der Waals surface area (Å²) in [6.45, 7) is 0. The SMILES string of the molecule is COC(=O)c1ccc(CSc2nc3scc(-c4ccccc4)c3c(=O)[nH]2)cc1. The monoisotopic (exact) mass is 408 g/mol. The quantitative estimate of drug-likeness (QED) is 0.294. The number of carbonyl (C=O) groups is 1. The van der Waals surface area contributed by atoms with E-state index >= 15 is 0 Å². The second-order valence-corrected chi connectivity index (χ2v) is 7.87. The predicted molar refractivity (Wildman–Crippen MR) is 113 cm³/mol. The second kappa shape index (κ2) is 8.00. The van der Waals surface area contributed by atoms with Crippen molar-refractivity contribution in [3.8, 4) is 11.1 Å². The summed E-state index contributed by atoms with van der Waals surface area (Å²) in [5.74, 6) is 0.273. The van der Waals surface area contributed by atoms with Gasteiger partial charge >= 0.3 is 5.97 Å². The van der Waals surface area contributed by atoms with Crippen LogP contribution >= 0.6 is 23.1 Å². The first-order chi connectivity index (χ1) is 13.7. The van der Waals surface area contributed by atoms with Crippen molar-refractivity contribution in [2.45, 2.75) is 10.9 Å². The molecule has 0 atom stereocenters. The molecule has 0 aliphatic carbocycles. The minimum absolute atomic E-state index is 0.131. The average molecular weight is 409 g/mol. The van der Waals surface area contributed by atoms with Crippen molar-refractivity contribution in [3.63, 3.8) is 0 Å². The van der Waals surface area contributed by atoms with Gasteiger partial charge in [0.2, 0.25) is 0 Å². The Kier molecular flexibility index (Phi) is 5.27. The van der Waals surface area contributed by atoms with Crippen LogP contribution in [0.4, 0.5) is 0 Å². The number of hydrogen-bond donors (Lipinski definition) is 1. The maximum absolute atomic E-state index is 12.7. The van der Waals surface area contributed by atoms with Crippen molar-refractivity contribution >= 4 is 39.3 Å². The summed E-state index contributed by atoms with van der Waals surface area (Å²) in [6.07, 6.45) is 0. The van der Waals surface area contributed by atoms with Gasteiger partial charge in [0.1, 0.15) is 4.83 Å². The Morgan fingerprint density at radius 2 is 1.89 bits per heavy atom. The molecule has 0 aliphatic rings. The molecular weight excluding hydrogens is 392 g/mol. The van der Waals surface area contributed by atoms with Crippen LogP contribution in [-0.4, -0.2) is 23.0 Å². The second-order valence-electron chi connectivity index (χ2n) is 6.04. The Bertz CT molecular complexity index is 1180. The molecule has 4 rings (SSSR count). The fourth-order valence-electron chi connectivity index (χ4n) is 2.83. The number of nitrogens with one attached hydrogen (secondary N) is 1. The summed E-state index contributed by atoms with van der Waals surface area (Å²) in [5, 5.41) is 3.18. The molecule has 0 aliphatic heterocycles. The van der Waals surface area contributed by atoms with Gasteiger partial charge in [-0.25, -0.2) is 9.78 Å². The van der Waals surface area contributed by atoms with Gasteiger partial charge in [-0.05, 0) is 23.3 Å². The van der Waals surface area contributed by atoms with Crippen molar-refractivity contribution in [3.05, 3.63) is 81.5 Å². The average Bonchev–Trinajstić information content (AvgIpc) is 3.17. The van der Waals surface area contributed by atoms with Gasteiger partial charge in [0.25, 0.3) is 5.56 Å². The molecule has 5 nitrogen and oxygen atoms in total. The summed E-state index contributed by atoms with van der Waals surface area (Å²) < 4.78 is 4.70. The topological polar surface area (TPSA) is 72.0 Å². The van der Waals surface area contributed by atoms with E-state index in [1.54, 1.807) is 12.1 Å². The molecule has 2 aromatic carbocycles. The Balaban J connectivity index is 1.56. The van der Waals surface area contributed by atoms with E-state index in [1.165, 1.54) is 30.2 Å². The minimum Gasteiger partial charge on any atom is -0.465 e. The fourth-order valence-corrected chi connectivity index (χ4v) is 4.66. The van der Waals surface area contributed by atoms with Crippen LogP contribution in [0.15, 0.2) is 69.9 Å². The summed E-state index contributed by atoms with van der Waals surface area (Å²) in [7, 11) is 1.36. The molecule has 140 valence electrons. The molecular formula is C21H16N2O3S2. The van der Waals surface area contributed by atoms with Gasteiger partial charge in [0, 0.05) is 16.7 Å². The van der Waals surface area contributed by atoms with E-state index in [9.17, 15) is 9.59 Å². The molecule has 0 spiro atoms. The lowest BCUT2D eigenvalue weighted by molar-refractivity contribution is 0.0600. The van der Waals surface area contributed by atoms with Gasteiger partial charge in [-0.1, -0.05) is 54.2 Å². The van der Waals surface area contributed by atoms with Crippen LogP contribution in [0.3, 0.4) is 0 Å². The molecule has 0 saturated carbocycles. The van der Waals surface area contributed by atoms with E-state index in [1.807, 2.05) is 47.8 Å². The Morgan fingerprint density at radius 1 is 1.14 bits per heavy atom. The standard InChI is InChI=1S/C21H16N2O3S2/c1-26-20(25)15-9-7-13(8-10-15)11-28-21-22-18(24)17-16(12-27-19(17)23-21)14-5-3-2-4-6-14/h2-10,12H,11H2,1H3,(H,22,23,24). The number of carbonyl (C=O) groups excluding carboxylic acids is 1. The maximum Gasteiger partial charge on any atom is 0.337 e. The van der Waals surface area contributed by atoms with E-state index in [2.05, 4.69) is 9.97 Å². The van der Waals surface area contributed by atoms with Crippen molar-refractivity contribution in [1.29, 1.82) is 0 Å². The zero-order chi connectivity index (χ0) is 19.5. The molecule has 0 bridgehead atoms. The van der Waals surface area contributed by atoms with Crippen LogP contribution in [0.2, 0.25) is 0 Å². The van der Waals surface area contributed by atoms with Crippen LogP contribution < -0.4 is 5.56 Å². The van der Waals surface area contributed by atoms with Crippen molar-refractivity contribution in [2.24, 2.45) is 0 Å². The highest BCUT2D eigenvalue weighted by Crippen LogP contribution is 2.31. The van der Waals surface area contributed by atoms with E-state index in [0.717, 1.165) is 21.5 Å². The lowest BCUT2D eigenvalue weighted by Gasteiger charge is -2.04. The Labute approximate surface area is 169 Å². The highest BCUT2D eigenvalue weighted by Gasteiger charge is 2.13. The number of H-pyrrole nitrogens is 1. The van der Waals surface area contributed by atoms with Crippen molar-refractivity contribution in [2.75, 3.05) is 7.11 Å². The first kappa shape index (κ1) is 18.5. The van der Waals surface area contributed by atoms with Gasteiger partial charge in [-0.15, -0.1) is 11.3 Å². The fraction of sp³-hybridized carbons (Fsp3) is 0.0952. The van der Waals surface area contributed by atoms with Crippen LogP contribution in [0.5, 0.6) is 0 Å². The largest absolute Gasteiger partial charge is 0.465 e. The van der Waals surface area contributed by atoms with Gasteiger partial charge in [-0.3, -0.25) is 4.79 Å². The van der Waals surface area contributed by atoms with Crippen LogP contribution in [-0.2, 0) is 10.5 Å². The third-order valence-electron chi connectivity index (χ3n) is 4.26. The third-order valence-corrected chi connectivity index (χ3v) is 6.07. The Hall–Kier alpha value is -2.90. The number of nitrogens with zero attached hydrogens (tertiary/aromatic N) is 1. The van der Waals surface area contributed by atoms with Gasteiger partial charge < -0.3 is 9.72 Å². The predicted octanol–water partition coefficient (Wildman–Crippen LogP) is 4.73. The van der Waals surface area contributed by atoms with Gasteiger partial charge in [0.15, 0.2) is 5.16 Å². The number of aromatic amines is 1. The molecule has 0 saturated heterocycles. The number of rotatable bonds is 5. The maximum atomic E-state index is 12.7. The molecule has 1 N–H and O–H groups in total. The molecule has 0 radical (unpaired) electrons. The third kappa shape index (κ3) is 3.72. The van der Waals surface area contributed by atoms with Crippen molar-refractivity contribution < 1.29 is 9.53 Å². The molecule has 7 heteroatoms. The first-order valence-electron chi connectivity index (χ1n) is 8.52. The molecule has 4 aromatic rings. The highest BCUT2D eigenvalue weighted by molar-refractivity contribution is 7.98. The normalized spacial score (nSPS) is 10.9. The number of ether oxygens (including phenoxy) is 1. The van der Waals surface area contributed by atoms with Crippen molar-refractivity contribution in [1.82, 2.24) is 9.97 Å². The molecule has 2 heterocycles. The number of aromatic nitrogens is 2. The zero-order valence-electron chi connectivity index (χ0n) is 15.0. The zero-order valence-corrected chi connectivity index (χ0v) is 16.6. The molecule has 0 amide bonds. The summed E-state index contributed by atoms with van der Waals surface area (Å²) in [6, 6.07) is 17.0. The highest BCUT2D eigenvalue weighted by atomic mass is 32.2. The van der Waals surface area contributed by atoms with E-state index in [-0.39, 0.29) is 11.5 Å². The van der Waals surface area contributed by atoms with E-state index < -0.39 is 0 Å². The van der Waals surface area contributed by atoms with Crippen LogP contribution in [0.25, 0.3) is 21.3 Å². The number of fused-ring (bicyclic) bond motifs is 1. The minimum atomic E-state index is -0.359. The smallest absolute Gasteiger partial charge is 0.337 e. The lowest BCUT2D eigenvalue weighted by Crippen LogP contribution is -2.08. The lowest BCUT2D eigenvalue weighted by atomic mass is 10.1. The Morgan fingerprint density at radius 3 is 2.61 bits per heavy atom. The number of esters is 1. The summed E-state index contributed by atoms with van der Waals surface area (Å²) in [4.78, 5) is 32.4. The first-order valence-corrected chi connectivity index (χ1v) is 10.4. The van der Waals surface area contributed by atoms with E-state index in [0.29, 0.717) is 21.9 Å². The molecule has 0 unspecified atom stereocenters.